The Bertz CT molecular complexity index is 696. The molecule has 1 unspecified atom stereocenters. The molecule has 2 aromatic carbocycles. The zero-order valence-corrected chi connectivity index (χ0v) is 13.2. The van der Waals surface area contributed by atoms with E-state index < -0.39 is 12.0 Å². The van der Waals surface area contributed by atoms with Gasteiger partial charge in [0, 0.05) is 11.3 Å². The van der Waals surface area contributed by atoms with Crippen LogP contribution in [0.5, 0.6) is 5.75 Å². The molecule has 0 saturated carbocycles. The highest BCUT2D eigenvalue weighted by molar-refractivity contribution is 5.97. The third-order valence-corrected chi connectivity index (χ3v) is 3.43. The minimum absolute atomic E-state index is 0.300. The van der Waals surface area contributed by atoms with E-state index >= 15 is 0 Å². The van der Waals surface area contributed by atoms with E-state index in [1.165, 1.54) is 11.6 Å². The van der Waals surface area contributed by atoms with Crippen molar-refractivity contribution in [2.45, 2.75) is 26.4 Å². The smallest absolute Gasteiger partial charge is 0.265 e. The Labute approximate surface area is 135 Å². The van der Waals surface area contributed by atoms with Gasteiger partial charge in [-0.1, -0.05) is 25.1 Å². The molecule has 23 heavy (non-hydrogen) atoms. The lowest BCUT2D eigenvalue weighted by Crippen LogP contribution is -2.30. The Morgan fingerprint density at radius 3 is 2.48 bits per heavy atom. The van der Waals surface area contributed by atoms with Gasteiger partial charge in [0.15, 0.2) is 6.10 Å². The SMILES string of the molecule is CCc1ccc(OC(C)C(=O)Nc2cccc(C(N)=O)c2)cc1. The van der Waals surface area contributed by atoms with Gasteiger partial charge in [-0.15, -0.1) is 0 Å². The third-order valence-electron chi connectivity index (χ3n) is 3.43. The second kappa shape index (κ2) is 7.45. The number of rotatable bonds is 6. The van der Waals surface area contributed by atoms with Crippen LogP contribution in [0, 0.1) is 0 Å². The molecule has 5 nitrogen and oxygen atoms in total. The summed E-state index contributed by atoms with van der Waals surface area (Å²) in [5, 5.41) is 2.71. The summed E-state index contributed by atoms with van der Waals surface area (Å²) in [5.74, 6) is -0.205. The first-order valence-electron chi connectivity index (χ1n) is 7.46. The Balaban J connectivity index is 1.99. The third kappa shape index (κ3) is 4.57. The molecule has 120 valence electrons. The zero-order chi connectivity index (χ0) is 16.8. The van der Waals surface area contributed by atoms with Gasteiger partial charge in [0.25, 0.3) is 5.91 Å². The molecule has 0 aromatic heterocycles. The molecule has 0 fully saturated rings. The number of amides is 2. The summed E-state index contributed by atoms with van der Waals surface area (Å²) >= 11 is 0. The van der Waals surface area contributed by atoms with Crippen LogP contribution in [-0.4, -0.2) is 17.9 Å². The number of anilines is 1. The molecule has 0 aliphatic carbocycles. The van der Waals surface area contributed by atoms with Crippen LogP contribution in [0.2, 0.25) is 0 Å². The Hall–Kier alpha value is -2.82. The average molecular weight is 312 g/mol. The summed E-state index contributed by atoms with van der Waals surface area (Å²) in [4.78, 5) is 23.3. The van der Waals surface area contributed by atoms with Crippen LogP contribution in [0.15, 0.2) is 48.5 Å². The van der Waals surface area contributed by atoms with Crippen LogP contribution in [0.4, 0.5) is 5.69 Å². The first kappa shape index (κ1) is 16.5. The first-order valence-corrected chi connectivity index (χ1v) is 7.46. The molecule has 2 rings (SSSR count). The van der Waals surface area contributed by atoms with E-state index in [0.717, 1.165) is 6.42 Å². The van der Waals surface area contributed by atoms with Crippen molar-refractivity contribution >= 4 is 17.5 Å². The number of nitrogens with two attached hydrogens (primary N) is 1. The molecule has 2 aromatic rings. The predicted octanol–water partition coefficient (Wildman–Crippen LogP) is 2.75. The topological polar surface area (TPSA) is 81.4 Å². The van der Waals surface area contributed by atoms with Gasteiger partial charge < -0.3 is 15.8 Å². The van der Waals surface area contributed by atoms with E-state index in [1.54, 1.807) is 25.1 Å². The molecule has 1 atom stereocenters. The number of carbonyl (C=O) groups excluding carboxylic acids is 2. The number of aryl methyl sites for hydroxylation is 1. The van der Waals surface area contributed by atoms with Crippen molar-refractivity contribution in [1.29, 1.82) is 0 Å². The Morgan fingerprint density at radius 2 is 1.87 bits per heavy atom. The molecular weight excluding hydrogens is 292 g/mol. The van der Waals surface area contributed by atoms with Gasteiger partial charge in [-0.3, -0.25) is 9.59 Å². The molecule has 0 radical (unpaired) electrons. The van der Waals surface area contributed by atoms with Crippen LogP contribution < -0.4 is 15.8 Å². The van der Waals surface area contributed by atoms with Gasteiger partial charge in [0.2, 0.25) is 5.91 Å². The quantitative estimate of drug-likeness (QED) is 0.860. The summed E-state index contributed by atoms with van der Waals surface area (Å²) in [5.41, 5.74) is 7.27. The van der Waals surface area contributed by atoms with E-state index in [0.29, 0.717) is 17.0 Å². The van der Waals surface area contributed by atoms with Crippen LogP contribution in [0.3, 0.4) is 0 Å². The van der Waals surface area contributed by atoms with Gasteiger partial charge in [-0.05, 0) is 49.2 Å². The lowest BCUT2D eigenvalue weighted by atomic mass is 10.2. The number of carbonyl (C=O) groups is 2. The minimum Gasteiger partial charge on any atom is -0.481 e. The van der Waals surface area contributed by atoms with Gasteiger partial charge in [-0.25, -0.2) is 0 Å². The monoisotopic (exact) mass is 312 g/mol. The minimum atomic E-state index is -0.667. The molecule has 0 aliphatic rings. The fraction of sp³-hybridized carbons (Fsp3) is 0.222. The zero-order valence-electron chi connectivity index (χ0n) is 13.2. The summed E-state index contributed by atoms with van der Waals surface area (Å²) in [6, 6.07) is 14.1. The van der Waals surface area contributed by atoms with Crippen molar-refractivity contribution in [3.63, 3.8) is 0 Å². The second-order valence-electron chi connectivity index (χ2n) is 5.19. The standard InChI is InChI=1S/C18H20N2O3/c1-3-13-7-9-16(10-8-13)23-12(2)18(22)20-15-6-4-5-14(11-15)17(19)21/h4-12H,3H2,1-2H3,(H2,19,21)(H,20,22). The Kier molecular flexibility index (Phi) is 5.36. The molecule has 0 saturated heterocycles. The molecule has 3 N–H and O–H groups in total. The largest absolute Gasteiger partial charge is 0.481 e. The maximum Gasteiger partial charge on any atom is 0.265 e. The lowest BCUT2D eigenvalue weighted by molar-refractivity contribution is -0.122. The summed E-state index contributed by atoms with van der Waals surface area (Å²) in [6.45, 7) is 3.74. The number of nitrogens with one attached hydrogen (secondary N) is 1. The first-order chi connectivity index (χ1) is 11.0. The highest BCUT2D eigenvalue weighted by Gasteiger charge is 2.15. The van der Waals surface area contributed by atoms with E-state index in [1.807, 2.05) is 24.3 Å². The fourth-order valence-electron chi connectivity index (χ4n) is 2.06. The molecule has 5 heteroatoms. The second-order valence-corrected chi connectivity index (χ2v) is 5.19. The average Bonchev–Trinajstić information content (AvgIpc) is 2.55. The van der Waals surface area contributed by atoms with Crippen LogP contribution in [-0.2, 0) is 11.2 Å². The van der Waals surface area contributed by atoms with Gasteiger partial charge >= 0.3 is 0 Å². The normalized spacial score (nSPS) is 11.6. The van der Waals surface area contributed by atoms with E-state index in [-0.39, 0.29) is 5.91 Å². The van der Waals surface area contributed by atoms with E-state index in [4.69, 9.17) is 10.5 Å². The van der Waals surface area contributed by atoms with Crippen LogP contribution >= 0.6 is 0 Å². The van der Waals surface area contributed by atoms with Crippen molar-refractivity contribution in [1.82, 2.24) is 0 Å². The van der Waals surface area contributed by atoms with Gasteiger partial charge in [-0.2, -0.15) is 0 Å². The molecule has 0 aliphatic heterocycles. The summed E-state index contributed by atoms with van der Waals surface area (Å²) in [7, 11) is 0. The molecule has 0 spiro atoms. The van der Waals surface area contributed by atoms with Crippen LogP contribution in [0.25, 0.3) is 0 Å². The Morgan fingerprint density at radius 1 is 1.17 bits per heavy atom. The lowest BCUT2D eigenvalue weighted by Gasteiger charge is -2.15. The van der Waals surface area contributed by atoms with Gasteiger partial charge in [0.1, 0.15) is 5.75 Å². The number of primary amides is 1. The van der Waals surface area contributed by atoms with Crippen molar-refractivity contribution in [3.05, 3.63) is 59.7 Å². The summed E-state index contributed by atoms with van der Waals surface area (Å²) in [6.07, 6.45) is 0.284. The number of hydrogen-bond donors (Lipinski definition) is 2. The van der Waals surface area contributed by atoms with Gasteiger partial charge in [0.05, 0.1) is 0 Å². The highest BCUT2D eigenvalue weighted by Crippen LogP contribution is 2.16. The fourth-order valence-corrected chi connectivity index (χ4v) is 2.06. The number of benzene rings is 2. The molecular formula is C18H20N2O3. The molecule has 0 bridgehead atoms. The molecule has 2 amide bonds. The van der Waals surface area contributed by atoms with E-state index in [9.17, 15) is 9.59 Å². The van der Waals surface area contributed by atoms with Crippen molar-refractivity contribution < 1.29 is 14.3 Å². The number of hydrogen-bond acceptors (Lipinski definition) is 3. The highest BCUT2D eigenvalue weighted by atomic mass is 16.5. The van der Waals surface area contributed by atoms with Crippen molar-refractivity contribution in [3.8, 4) is 5.75 Å². The maximum atomic E-state index is 12.2. The summed E-state index contributed by atoms with van der Waals surface area (Å²) < 4.78 is 5.62. The predicted molar refractivity (Wildman–Crippen MR) is 89.5 cm³/mol. The molecule has 0 heterocycles. The number of ether oxygens (including phenoxy) is 1. The maximum absolute atomic E-state index is 12.2. The van der Waals surface area contributed by atoms with E-state index in [2.05, 4.69) is 12.2 Å². The van der Waals surface area contributed by atoms with Crippen molar-refractivity contribution in [2.24, 2.45) is 5.73 Å². The van der Waals surface area contributed by atoms with Crippen molar-refractivity contribution in [2.75, 3.05) is 5.32 Å². The van der Waals surface area contributed by atoms with Crippen LogP contribution in [0.1, 0.15) is 29.8 Å².